The van der Waals surface area contributed by atoms with E-state index in [4.69, 9.17) is 0 Å². The highest BCUT2D eigenvalue weighted by atomic mass is 14.4. The van der Waals surface area contributed by atoms with Crippen LogP contribution in [0.2, 0.25) is 0 Å². The van der Waals surface area contributed by atoms with Crippen molar-refractivity contribution in [1.29, 1.82) is 0 Å². The van der Waals surface area contributed by atoms with Gasteiger partial charge in [-0.25, -0.2) is 0 Å². The molecular weight excluding hydrogens is 685 g/mol. The maximum atomic E-state index is 2.44. The molecule has 0 heteroatoms. The van der Waals surface area contributed by atoms with Gasteiger partial charge in [0, 0.05) is 5.41 Å². The number of hydrogen-bond donors (Lipinski definition) is 0. The largest absolute Gasteiger partial charge is 0.0616 e. The summed E-state index contributed by atoms with van der Waals surface area (Å²) in [6.45, 7) is 4.77. The van der Waals surface area contributed by atoms with Gasteiger partial charge in [-0.3, -0.25) is 0 Å². The van der Waals surface area contributed by atoms with E-state index in [-0.39, 0.29) is 5.41 Å². The van der Waals surface area contributed by atoms with Crippen molar-refractivity contribution in [2.24, 2.45) is 0 Å². The molecule has 0 heterocycles. The van der Waals surface area contributed by atoms with Gasteiger partial charge in [0.25, 0.3) is 0 Å². The Morgan fingerprint density at radius 2 is 0.719 bits per heavy atom. The quantitative estimate of drug-likeness (QED) is 0.159. The lowest BCUT2D eigenvalue weighted by Gasteiger charge is -2.23. The molecular formula is C57H38. The average Bonchev–Trinajstić information content (AvgIpc) is 3.50. The number of benzene rings is 11. The molecule has 1 aliphatic rings. The summed E-state index contributed by atoms with van der Waals surface area (Å²) < 4.78 is 0. The van der Waals surface area contributed by atoms with Crippen molar-refractivity contribution in [3.8, 4) is 44.5 Å². The maximum Gasteiger partial charge on any atom is 0.0159 e. The third-order valence-electron chi connectivity index (χ3n) is 13.0. The predicted octanol–water partition coefficient (Wildman–Crippen LogP) is 15.9. The van der Waals surface area contributed by atoms with Crippen LogP contribution >= 0.6 is 0 Å². The van der Waals surface area contributed by atoms with Crippen LogP contribution < -0.4 is 0 Å². The smallest absolute Gasteiger partial charge is 0.0159 e. The average molecular weight is 723 g/mol. The Morgan fingerprint density at radius 1 is 0.263 bits per heavy atom. The zero-order valence-corrected chi connectivity index (χ0v) is 32.0. The van der Waals surface area contributed by atoms with Crippen molar-refractivity contribution in [3.05, 3.63) is 205 Å². The lowest BCUT2D eigenvalue weighted by atomic mass is 9.80. The third kappa shape index (κ3) is 4.74. The highest BCUT2D eigenvalue weighted by Gasteiger charge is 2.36. The molecule has 57 heavy (non-hydrogen) atoms. The topological polar surface area (TPSA) is 0 Å². The summed E-state index contributed by atoms with van der Waals surface area (Å²) in [4.78, 5) is 0. The fraction of sp³-hybridized carbons (Fsp3) is 0.0526. The van der Waals surface area contributed by atoms with Crippen LogP contribution in [0.4, 0.5) is 0 Å². The SMILES string of the molecule is CC1(C)c2cc(-c3ccc4cc(-c5cc6c7ccccc7c7ccccc7c6c6ccccc56)ccc4c3)ccc2-c2ccc(-c3cccc4ccccc34)cc21. The van der Waals surface area contributed by atoms with Gasteiger partial charge in [-0.2, -0.15) is 0 Å². The molecule has 0 aliphatic heterocycles. The number of fused-ring (bicyclic) bond motifs is 13. The summed E-state index contributed by atoms with van der Waals surface area (Å²) in [5.41, 5.74) is 12.9. The van der Waals surface area contributed by atoms with Gasteiger partial charge >= 0.3 is 0 Å². The van der Waals surface area contributed by atoms with Crippen molar-refractivity contribution >= 4 is 64.6 Å². The highest BCUT2D eigenvalue weighted by Crippen LogP contribution is 2.51. The van der Waals surface area contributed by atoms with E-state index in [0.717, 1.165) is 0 Å². The molecule has 0 aromatic heterocycles. The fourth-order valence-electron chi connectivity index (χ4n) is 10.2. The molecule has 0 bridgehead atoms. The summed E-state index contributed by atoms with van der Waals surface area (Å²) in [5.74, 6) is 0. The van der Waals surface area contributed by atoms with Crippen molar-refractivity contribution < 1.29 is 0 Å². The summed E-state index contributed by atoms with van der Waals surface area (Å²) in [7, 11) is 0. The van der Waals surface area contributed by atoms with Crippen LogP contribution in [0.1, 0.15) is 25.0 Å². The normalized spacial score (nSPS) is 13.2. The minimum absolute atomic E-state index is 0.118. The van der Waals surface area contributed by atoms with Crippen LogP contribution in [0.3, 0.4) is 0 Å². The Labute approximate surface area is 332 Å². The maximum absolute atomic E-state index is 2.44. The van der Waals surface area contributed by atoms with Gasteiger partial charge in [-0.1, -0.05) is 178 Å². The Bertz CT molecular complexity index is 3480. The molecule has 0 saturated heterocycles. The van der Waals surface area contributed by atoms with E-state index >= 15 is 0 Å². The van der Waals surface area contributed by atoms with Crippen LogP contribution in [0.5, 0.6) is 0 Å². The summed E-state index contributed by atoms with van der Waals surface area (Å²) in [5, 5.41) is 15.5. The Kier molecular flexibility index (Phi) is 6.78. The van der Waals surface area contributed by atoms with E-state index in [1.807, 2.05) is 0 Å². The zero-order chi connectivity index (χ0) is 37.8. The van der Waals surface area contributed by atoms with Gasteiger partial charge in [0.1, 0.15) is 0 Å². The van der Waals surface area contributed by atoms with E-state index < -0.39 is 0 Å². The van der Waals surface area contributed by atoms with E-state index in [1.165, 1.54) is 120 Å². The van der Waals surface area contributed by atoms with Gasteiger partial charge < -0.3 is 0 Å². The summed E-state index contributed by atoms with van der Waals surface area (Å²) >= 11 is 0. The number of rotatable bonds is 3. The lowest BCUT2D eigenvalue weighted by molar-refractivity contribution is 0.661. The Morgan fingerprint density at radius 3 is 1.44 bits per heavy atom. The Balaban J connectivity index is 0.942. The monoisotopic (exact) mass is 722 g/mol. The standard InChI is InChI=1S/C57H38/c1-57(2)54-32-39(26-28-48(54)49-29-27-41(33-55(49)57)43-21-11-13-35-12-3-4-14-42(35)43)37-22-23-38-31-40(25-24-36(38)30-37)52-34-53-46-17-6-5-15-44(46)45-16-7-9-19-50(45)56(53)51-20-10-8-18-47(51)52/h3-34H,1-2H3. The molecule has 12 rings (SSSR count). The van der Waals surface area contributed by atoms with E-state index in [2.05, 4.69) is 208 Å². The molecule has 0 radical (unpaired) electrons. The van der Waals surface area contributed by atoms with Crippen molar-refractivity contribution in [3.63, 3.8) is 0 Å². The van der Waals surface area contributed by atoms with Gasteiger partial charge in [0.2, 0.25) is 0 Å². The summed E-state index contributed by atoms with van der Waals surface area (Å²) in [6.07, 6.45) is 0. The fourth-order valence-corrected chi connectivity index (χ4v) is 10.2. The van der Waals surface area contributed by atoms with Gasteiger partial charge in [-0.05, 0) is 151 Å². The van der Waals surface area contributed by atoms with Crippen LogP contribution in [-0.2, 0) is 5.41 Å². The minimum Gasteiger partial charge on any atom is -0.0616 e. The highest BCUT2D eigenvalue weighted by molar-refractivity contribution is 6.33. The van der Waals surface area contributed by atoms with E-state index in [1.54, 1.807) is 0 Å². The van der Waals surface area contributed by atoms with Gasteiger partial charge in [-0.15, -0.1) is 0 Å². The first-order valence-electron chi connectivity index (χ1n) is 20.1. The molecule has 0 atom stereocenters. The second-order valence-electron chi connectivity index (χ2n) is 16.4. The molecule has 11 aromatic carbocycles. The first-order chi connectivity index (χ1) is 28.0. The molecule has 0 N–H and O–H groups in total. The molecule has 0 unspecified atom stereocenters. The predicted molar refractivity (Wildman–Crippen MR) is 245 cm³/mol. The first kappa shape index (κ1) is 32.2. The third-order valence-corrected chi connectivity index (χ3v) is 13.0. The molecule has 266 valence electrons. The van der Waals surface area contributed by atoms with Crippen molar-refractivity contribution in [1.82, 2.24) is 0 Å². The molecule has 0 nitrogen and oxygen atoms in total. The Hall–Kier alpha value is -7.02. The number of hydrogen-bond acceptors (Lipinski definition) is 0. The van der Waals surface area contributed by atoms with Gasteiger partial charge in [0.15, 0.2) is 0 Å². The molecule has 0 amide bonds. The van der Waals surface area contributed by atoms with Crippen molar-refractivity contribution in [2.75, 3.05) is 0 Å². The van der Waals surface area contributed by atoms with Crippen LogP contribution in [0.15, 0.2) is 194 Å². The van der Waals surface area contributed by atoms with Crippen LogP contribution in [0.25, 0.3) is 109 Å². The minimum atomic E-state index is -0.118. The van der Waals surface area contributed by atoms with E-state index in [9.17, 15) is 0 Å². The van der Waals surface area contributed by atoms with Crippen LogP contribution in [-0.4, -0.2) is 0 Å². The zero-order valence-electron chi connectivity index (χ0n) is 32.0. The van der Waals surface area contributed by atoms with Crippen LogP contribution in [0, 0.1) is 0 Å². The van der Waals surface area contributed by atoms with E-state index in [0.29, 0.717) is 0 Å². The molecule has 0 spiro atoms. The molecule has 0 fully saturated rings. The molecule has 1 aliphatic carbocycles. The summed E-state index contributed by atoms with van der Waals surface area (Å²) in [6, 6.07) is 72.7. The lowest BCUT2D eigenvalue weighted by Crippen LogP contribution is -2.15. The molecule has 0 saturated carbocycles. The first-order valence-corrected chi connectivity index (χ1v) is 20.1. The molecule has 11 aromatic rings. The van der Waals surface area contributed by atoms with Crippen molar-refractivity contribution in [2.45, 2.75) is 19.3 Å². The second-order valence-corrected chi connectivity index (χ2v) is 16.4. The second kappa shape index (κ2) is 12.0. The van der Waals surface area contributed by atoms with Gasteiger partial charge in [0.05, 0.1) is 0 Å².